The Morgan fingerprint density at radius 1 is 1.39 bits per heavy atom. The molecule has 3 N–H and O–H groups in total. The van der Waals surface area contributed by atoms with Gasteiger partial charge in [0.05, 0.1) is 24.6 Å². The van der Waals surface area contributed by atoms with Gasteiger partial charge in [-0.1, -0.05) is 32.0 Å². The molecule has 2 aliphatic heterocycles. The molecule has 1 aliphatic carbocycles. The first kappa shape index (κ1) is 23.5. The Morgan fingerprint density at radius 2 is 2.15 bits per heavy atom. The topological polar surface area (TPSA) is 106 Å². The molecular weight excluding hydrogens is 420 g/mol. The second kappa shape index (κ2) is 9.33. The molecule has 8 nitrogen and oxygen atoms in total. The van der Waals surface area contributed by atoms with Crippen LogP contribution in [-0.4, -0.2) is 54.6 Å². The molecule has 2 amide bonds. The summed E-state index contributed by atoms with van der Waals surface area (Å²) in [6.07, 6.45) is 2.40. The Balaban J connectivity index is 1.48. The molecule has 5 atom stereocenters. The third-order valence-corrected chi connectivity index (χ3v) is 7.53. The van der Waals surface area contributed by atoms with Crippen LogP contribution in [0.3, 0.4) is 0 Å². The minimum absolute atomic E-state index is 0.0239. The number of methoxy groups -OCH3 is 1. The SMILES string of the molecule is COCCC(C1CC1C(=O)NC1CCOc2ccccc21)N1C(=O)CC(C)(C(C)C)N=C1N. The summed E-state index contributed by atoms with van der Waals surface area (Å²) in [7, 11) is 1.64. The maximum atomic E-state index is 13.2. The lowest BCUT2D eigenvalue weighted by Crippen LogP contribution is -2.57. The first-order chi connectivity index (χ1) is 15.7. The summed E-state index contributed by atoms with van der Waals surface area (Å²) in [6.45, 7) is 7.15. The summed E-state index contributed by atoms with van der Waals surface area (Å²) in [5, 5.41) is 3.22. The first-order valence-corrected chi connectivity index (χ1v) is 11.9. The van der Waals surface area contributed by atoms with Crippen LogP contribution in [0.15, 0.2) is 29.3 Å². The quantitative estimate of drug-likeness (QED) is 0.625. The summed E-state index contributed by atoms with van der Waals surface area (Å²) in [5.41, 5.74) is 6.86. The van der Waals surface area contributed by atoms with E-state index in [1.165, 1.54) is 0 Å². The molecule has 1 saturated carbocycles. The van der Waals surface area contributed by atoms with Gasteiger partial charge in [0.1, 0.15) is 5.75 Å². The molecule has 0 spiro atoms. The van der Waals surface area contributed by atoms with E-state index in [2.05, 4.69) is 19.2 Å². The molecule has 5 unspecified atom stereocenters. The Morgan fingerprint density at radius 3 is 2.85 bits per heavy atom. The molecule has 0 radical (unpaired) electrons. The third kappa shape index (κ3) is 4.71. The standard InChI is InChI=1S/C25H36N4O4/c1-15(2)25(3)14-22(30)29(24(26)28-25)20(10-11-32-4)17-13-18(17)23(31)27-19-9-12-33-21-8-6-5-7-16(19)21/h5-8,15,17-20H,9-14H2,1-4H3,(H2,26,28)(H,27,31). The van der Waals surface area contributed by atoms with Crippen molar-refractivity contribution in [1.82, 2.24) is 10.2 Å². The maximum absolute atomic E-state index is 13.2. The Labute approximate surface area is 195 Å². The van der Waals surface area contributed by atoms with Crippen molar-refractivity contribution in [3.8, 4) is 5.75 Å². The van der Waals surface area contributed by atoms with Crippen molar-refractivity contribution in [2.24, 2.45) is 28.5 Å². The zero-order chi connectivity index (χ0) is 23.8. The Kier molecular flexibility index (Phi) is 6.66. The highest BCUT2D eigenvalue weighted by molar-refractivity contribution is 5.99. The van der Waals surface area contributed by atoms with Crippen molar-refractivity contribution < 1.29 is 19.1 Å². The number of carbonyl (C=O) groups excluding carboxylic acids is 2. The van der Waals surface area contributed by atoms with Crippen molar-refractivity contribution >= 4 is 17.8 Å². The van der Waals surface area contributed by atoms with Crippen molar-refractivity contribution in [2.45, 2.75) is 64.1 Å². The number of nitrogens with two attached hydrogens (primary N) is 1. The molecule has 8 heteroatoms. The van der Waals surface area contributed by atoms with Gasteiger partial charge < -0.3 is 20.5 Å². The number of ether oxygens (including phenoxy) is 2. The zero-order valence-corrected chi connectivity index (χ0v) is 20.0. The van der Waals surface area contributed by atoms with E-state index in [1.807, 2.05) is 31.2 Å². The Bertz CT molecular complexity index is 933. The van der Waals surface area contributed by atoms with Crippen molar-refractivity contribution in [1.29, 1.82) is 0 Å². The molecule has 180 valence electrons. The minimum atomic E-state index is -0.500. The number of amides is 2. The molecule has 3 aliphatic rings. The predicted molar refractivity (Wildman–Crippen MR) is 126 cm³/mol. The summed E-state index contributed by atoms with van der Waals surface area (Å²) in [6, 6.07) is 7.57. The lowest BCUT2D eigenvalue weighted by molar-refractivity contribution is -0.133. The van der Waals surface area contributed by atoms with E-state index in [1.54, 1.807) is 12.0 Å². The molecule has 0 aromatic heterocycles. The van der Waals surface area contributed by atoms with E-state index in [9.17, 15) is 9.59 Å². The molecule has 1 aromatic rings. The zero-order valence-electron chi connectivity index (χ0n) is 20.0. The van der Waals surface area contributed by atoms with Crippen LogP contribution >= 0.6 is 0 Å². The number of guanidine groups is 1. The largest absolute Gasteiger partial charge is 0.493 e. The van der Waals surface area contributed by atoms with Gasteiger partial charge in [-0.3, -0.25) is 14.5 Å². The van der Waals surface area contributed by atoms with Gasteiger partial charge in [0.15, 0.2) is 5.96 Å². The van der Waals surface area contributed by atoms with Gasteiger partial charge >= 0.3 is 0 Å². The average Bonchev–Trinajstić information content (AvgIpc) is 3.56. The molecule has 0 bridgehead atoms. The van der Waals surface area contributed by atoms with Gasteiger partial charge in [0, 0.05) is 37.7 Å². The lowest BCUT2D eigenvalue weighted by atomic mass is 9.84. The summed E-state index contributed by atoms with van der Waals surface area (Å²) in [5.74, 6) is 1.17. The smallest absolute Gasteiger partial charge is 0.231 e. The maximum Gasteiger partial charge on any atom is 0.231 e. The van der Waals surface area contributed by atoms with Crippen LogP contribution in [0.2, 0.25) is 0 Å². The van der Waals surface area contributed by atoms with E-state index in [0.717, 1.165) is 24.2 Å². The summed E-state index contributed by atoms with van der Waals surface area (Å²) in [4.78, 5) is 32.7. The van der Waals surface area contributed by atoms with E-state index in [4.69, 9.17) is 20.2 Å². The third-order valence-electron chi connectivity index (χ3n) is 7.53. The number of para-hydroxylation sites is 1. The van der Waals surface area contributed by atoms with E-state index in [-0.39, 0.29) is 47.6 Å². The number of nitrogens with zero attached hydrogens (tertiary/aromatic N) is 2. The fourth-order valence-corrected chi connectivity index (χ4v) is 5.05. The minimum Gasteiger partial charge on any atom is -0.493 e. The van der Waals surface area contributed by atoms with E-state index >= 15 is 0 Å². The Hall–Kier alpha value is -2.61. The second-order valence-electron chi connectivity index (χ2n) is 10.0. The number of nitrogens with one attached hydrogen (secondary N) is 1. The molecule has 0 saturated heterocycles. The number of rotatable bonds is 8. The highest BCUT2D eigenvalue weighted by atomic mass is 16.5. The second-order valence-corrected chi connectivity index (χ2v) is 10.0. The molecule has 2 heterocycles. The summed E-state index contributed by atoms with van der Waals surface area (Å²) >= 11 is 0. The number of fused-ring (bicyclic) bond motifs is 1. The first-order valence-electron chi connectivity index (χ1n) is 11.9. The number of aliphatic imine (C=N–C) groups is 1. The molecule has 1 fully saturated rings. The highest BCUT2D eigenvalue weighted by Crippen LogP contribution is 2.46. The van der Waals surface area contributed by atoms with Gasteiger partial charge in [0.2, 0.25) is 11.8 Å². The number of carbonyl (C=O) groups is 2. The molecule has 4 rings (SSSR count). The van der Waals surface area contributed by atoms with Gasteiger partial charge in [-0.15, -0.1) is 0 Å². The van der Waals surface area contributed by atoms with Gasteiger partial charge in [-0.25, -0.2) is 4.99 Å². The predicted octanol–water partition coefficient (Wildman–Crippen LogP) is 2.63. The normalized spacial score (nSPS) is 29.7. The monoisotopic (exact) mass is 456 g/mol. The summed E-state index contributed by atoms with van der Waals surface area (Å²) < 4.78 is 11.0. The van der Waals surface area contributed by atoms with Gasteiger partial charge in [0.25, 0.3) is 0 Å². The van der Waals surface area contributed by atoms with Crippen molar-refractivity contribution in [2.75, 3.05) is 20.3 Å². The van der Waals surface area contributed by atoms with Crippen molar-refractivity contribution in [3.05, 3.63) is 29.8 Å². The number of benzene rings is 1. The fraction of sp³-hybridized carbons (Fsp3) is 0.640. The number of hydrogen-bond donors (Lipinski definition) is 2. The van der Waals surface area contributed by atoms with Crippen LogP contribution in [0.4, 0.5) is 0 Å². The van der Waals surface area contributed by atoms with Crippen molar-refractivity contribution in [3.63, 3.8) is 0 Å². The van der Waals surface area contributed by atoms with Crippen LogP contribution in [0.1, 0.15) is 58.1 Å². The molecule has 33 heavy (non-hydrogen) atoms. The van der Waals surface area contributed by atoms with Gasteiger partial charge in [-0.2, -0.15) is 0 Å². The van der Waals surface area contributed by atoms with Gasteiger partial charge in [-0.05, 0) is 37.7 Å². The fourth-order valence-electron chi connectivity index (χ4n) is 5.05. The molecule has 1 aromatic carbocycles. The van der Waals surface area contributed by atoms with Crippen LogP contribution in [0, 0.1) is 17.8 Å². The van der Waals surface area contributed by atoms with E-state index in [0.29, 0.717) is 26.1 Å². The average molecular weight is 457 g/mol. The van der Waals surface area contributed by atoms with Crippen LogP contribution in [0.5, 0.6) is 5.75 Å². The highest BCUT2D eigenvalue weighted by Gasteiger charge is 2.52. The van der Waals surface area contributed by atoms with Crippen LogP contribution in [0.25, 0.3) is 0 Å². The van der Waals surface area contributed by atoms with Crippen LogP contribution in [-0.2, 0) is 14.3 Å². The lowest BCUT2D eigenvalue weighted by Gasteiger charge is -2.41. The molecular formula is C25H36N4O4. The van der Waals surface area contributed by atoms with Crippen LogP contribution < -0.4 is 15.8 Å². The van der Waals surface area contributed by atoms with E-state index < -0.39 is 5.54 Å². The number of hydrogen-bond acceptors (Lipinski definition) is 6.